The molecule has 0 radical (unpaired) electrons. The number of ketones is 1. The summed E-state index contributed by atoms with van der Waals surface area (Å²) in [6, 6.07) is 12.1. The SMILES string of the molecule is CCCOc1ccc(NC(=O)COc2ccc(C(=O)CC)cc2)cc1OCCC. The van der Waals surface area contributed by atoms with Crippen LogP contribution in [0, 0.1) is 0 Å². The number of Topliss-reactive ketones (excluding diaryl/α,β-unsaturated/α-hetero) is 1. The molecule has 0 heterocycles. The summed E-state index contributed by atoms with van der Waals surface area (Å²) < 4.78 is 16.9. The summed E-state index contributed by atoms with van der Waals surface area (Å²) in [4.78, 5) is 23.9. The van der Waals surface area contributed by atoms with Gasteiger partial charge in [-0.25, -0.2) is 0 Å². The highest BCUT2D eigenvalue weighted by atomic mass is 16.5. The number of hydrogen-bond acceptors (Lipinski definition) is 5. The Bertz CT molecular complexity index is 801. The van der Waals surface area contributed by atoms with E-state index in [1.807, 2.05) is 20.8 Å². The van der Waals surface area contributed by atoms with Gasteiger partial charge in [0.05, 0.1) is 13.2 Å². The summed E-state index contributed by atoms with van der Waals surface area (Å²) in [6.07, 6.45) is 2.23. The quantitative estimate of drug-likeness (QED) is 0.515. The Balaban J connectivity index is 1.94. The Labute approximate surface area is 172 Å². The fourth-order valence-corrected chi connectivity index (χ4v) is 2.53. The van der Waals surface area contributed by atoms with Gasteiger partial charge in [-0.2, -0.15) is 0 Å². The summed E-state index contributed by atoms with van der Waals surface area (Å²) in [5, 5.41) is 2.80. The number of anilines is 1. The van der Waals surface area contributed by atoms with Crippen LogP contribution in [0.2, 0.25) is 0 Å². The fraction of sp³-hybridized carbons (Fsp3) is 0.391. The second-order valence-corrected chi connectivity index (χ2v) is 6.50. The molecule has 6 heteroatoms. The van der Waals surface area contributed by atoms with Crippen LogP contribution in [0.5, 0.6) is 17.2 Å². The van der Waals surface area contributed by atoms with E-state index in [0.717, 1.165) is 12.8 Å². The van der Waals surface area contributed by atoms with Gasteiger partial charge in [-0.05, 0) is 49.2 Å². The monoisotopic (exact) mass is 399 g/mol. The van der Waals surface area contributed by atoms with Crippen molar-refractivity contribution in [3.8, 4) is 17.2 Å². The van der Waals surface area contributed by atoms with E-state index in [-0.39, 0.29) is 18.3 Å². The van der Waals surface area contributed by atoms with Crippen LogP contribution in [-0.2, 0) is 4.79 Å². The highest BCUT2D eigenvalue weighted by Gasteiger charge is 2.10. The highest BCUT2D eigenvalue weighted by molar-refractivity contribution is 5.96. The van der Waals surface area contributed by atoms with Crippen LogP contribution < -0.4 is 19.5 Å². The Morgan fingerprint density at radius 2 is 1.48 bits per heavy atom. The Morgan fingerprint density at radius 3 is 2.10 bits per heavy atom. The number of carbonyl (C=O) groups excluding carboxylic acids is 2. The maximum absolute atomic E-state index is 12.2. The molecule has 2 rings (SSSR count). The number of rotatable bonds is 12. The van der Waals surface area contributed by atoms with Crippen molar-refractivity contribution in [2.45, 2.75) is 40.0 Å². The van der Waals surface area contributed by atoms with Crippen molar-refractivity contribution in [3.63, 3.8) is 0 Å². The maximum atomic E-state index is 12.2. The highest BCUT2D eigenvalue weighted by Crippen LogP contribution is 2.31. The summed E-state index contributed by atoms with van der Waals surface area (Å²) in [5.74, 6) is 1.58. The van der Waals surface area contributed by atoms with Crippen molar-refractivity contribution >= 4 is 17.4 Å². The molecule has 0 atom stereocenters. The minimum Gasteiger partial charge on any atom is -0.490 e. The predicted molar refractivity (Wildman–Crippen MR) is 113 cm³/mol. The minimum absolute atomic E-state index is 0.0711. The molecule has 0 saturated carbocycles. The van der Waals surface area contributed by atoms with E-state index in [4.69, 9.17) is 14.2 Å². The molecule has 2 aromatic carbocycles. The van der Waals surface area contributed by atoms with Crippen molar-refractivity contribution in [3.05, 3.63) is 48.0 Å². The number of ether oxygens (including phenoxy) is 3. The van der Waals surface area contributed by atoms with Gasteiger partial charge in [0.25, 0.3) is 5.91 Å². The molecule has 0 unspecified atom stereocenters. The molecule has 156 valence electrons. The van der Waals surface area contributed by atoms with Crippen molar-refractivity contribution in [2.75, 3.05) is 25.1 Å². The lowest BCUT2D eigenvalue weighted by Gasteiger charge is -2.14. The zero-order valence-corrected chi connectivity index (χ0v) is 17.3. The van der Waals surface area contributed by atoms with Crippen molar-refractivity contribution < 1.29 is 23.8 Å². The first-order chi connectivity index (χ1) is 14.1. The van der Waals surface area contributed by atoms with Crippen LogP contribution in [-0.4, -0.2) is 31.5 Å². The third-order valence-electron chi connectivity index (χ3n) is 4.02. The normalized spacial score (nSPS) is 10.3. The number of hydrogen-bond donors (Lipinski definition) is 1. The number of carbonyl (C=O) groups is 2. The lowest BCUT2D eigenvalue weighted by atomic mass is 10.1. The molecular weight excluding hydrogens is 370 g/mol. The maximum Gasteiger partial charge on any atom is 0.262 e. The van der Waals surface area contributed by atoms with Crippen LogP contribution in [0.15, 0.2) is 42.5 Å². The fourth-order valence-electron chi connectivity index (χ4n) is 2.53. The molecule has 0 aliphatic heterocycles. The third-order valence-corrected chi connectivity index (χ3v) is 4.02. The Hall–Kier alpha value is -3.02. The van der Waals surface area contributed by atoms with Gasteiger partial charge in [0.15, 0.2) is 23.9 Å². The molecule has 2 aromatic rings. The van der Waals surface area contributed by atoms with Gasteiger partial charge in [-0.15, -0.1) is 0 Å². The lowest BCUT2D eigenvalue weighted by molar-refractivity contribution is -0.118. The average Bonchev–Trinajstić information content (AvgIpc) is 2.75. The van der Waals surface area contributed by atoms with E-state index in [1.165, 1.54) is 0 Å². The molecule has 1 amide bonds. The van der Waals surface area contributed by atoms with E-state index < -0.39 is 0 Å². The van der Waals surface area contributed by atoms with E-state index in [2.05, 4.69) is 5.32 Å². The van der Waals surface area contributed by atoms with Gasteiger partial charge in [-0.1, -0.05) is 20.8 Å². The number of amides is 1. The average molecular weight is 399 g/mol. The first kappa shape index (κ1) is 22.3. The van der Waals surface area contributed by atoms with Gasteiger partial charge < -0.3 is 19.5 Å². The van der Waals surface area contributed by atoms with Crippen LogP contribution in [0.25, 0.3) is 0 Å². The first-order valence-electron chi connectivity index (χ1n) is 10.0. The van der Waals surface area contributed by atoms with Crippen LogP contribution in [0.3, 0.4) is 0 Å². The Kier molecular flexibility index (Phi) is 9.02. The van der Waals surface area contributed by atoms with Crippen molar-refractivity contribution in [2.24, 2.45) is 0 Å². The van der Waals surface area contributed by atoms with E-state index in [9.17, 15) is 9.59 Å². The molecule has 0 aliphatic carbocycles. The van der Waals surface area contributed by atoms with Gasteiger partial charge in [0.2, 0.25) is 0 Å². The Morgan fingerprint density at radius 1 is 0.828 bits per heavy atom. The number of benzene rings is 2. The minimum atomic E-state index is -0.289. The van der Waals surface area contributed by atoms with Gasteiger partial charge >= 0.3 is 0 Å². The van der Waals surface area contributed by atoms with Crippen molar-refractivity contribution in [1.82, 2.24) is 0 Å². The molecule has 0 aliphatic rings. The molecule has 29 heavy (non-hydrogen) atoms. The van der Waals surface area contributed by atoms with E-state index >= 15 is 0 Å². The second-order valence-electron chi connectivity index (χ2n) is 6.50. The second kappa shape index (κ2) is 11.7. The van der Waals surface area contributed by atoms with Gasteiger partial charge in [0.1, 0.15) is 5.75 Å². The van der Waals surface area contributed by atoms with Crippen LogP contribution in [0.1, 0.15) is 50.4 Å². The summed E-state index contributed by atoms with van der Waals surface area (Å²) in [7, 11) is 0. The summed E-state index contributed by atoms with van der Waals surface area (Å²) >= 11 is 0. The molecule has 0 fully saturated rings. The van der Waals surface area contributed by atoms with Crippen LogP contribution in [0.4, 0.5) is 5.69 Å². The zero-order valence-electron chi connectivity index (χ0n) is 17.3. The summed E-state index contributed by atoms with van der Waals surface area (Å²) in [5.41, 5.74) is 1.24. The lowest BCUT2D eigenvalue weighted by Crippen LogP contribution is -2.20. The van der Waals surface area contributed by atoms with Crippen LogP contribution >= 0.6 is 0 Å². The molecule has 1 N–H and O–H groups in total. The molecule has 0 spiro atoms. The van der Waals surface area contributed by atoms with E-state index in [1.54, 1.807) is 42.5 Å². The summed E-state index contributed by atoms with van der Waals surface area (Å²) in [6.45, 7) is 6.92. The third kappa shape index (κ3) is 7.14. The smallest absolute Gasteiger partial charge is 0.262 e. The first-order valence-corrected chi connectivity index (χ1v) is 10.0. The number of nitrogens with one attached hydrogen (secondary N) is 1. The molecular formula is C23H29NO5. The molecule has 0 bridgehead atoms. The van der Waals surface area contributed by atoms with E-state index in [0.29, 0.717) is 48.1 Å². The predicted octanol–water partition coefficient (Wildman–Crippen LogP) is 4.87. The molecule has 0 aromatic heterocycles. The standard InChI is InChI=1S/C23H29NO5/c1-4-13-27-21-12-9-18(15-22(21)28-14-5-2)24-23(26)16-29-19-10-7-17(8-11-19)20(25)6-3/h7-12,15H,4-6,13-14,16H2,1-3H3,(H,24,26). The largest absolute Gasteiger partial charge is 0.490 e. The topological polar surface area (TPSA) is 73.9 Å². The van der Waals surface area contributed by atoms with Gasteiger partial charge in [-0.3, -0.25) is 9.59 Å². The van der Waals surface area contributed by atoms with Crippen molar-refractivity contribution in [1.29, 1.82) is 0 Å². The molecule has 0 saturated heterocycles. The van der Waals surface area contributed by atoms with Gasteiger partial charge in [0, 0.05) is 23.7 Å². The zero-order chi connectivity index (χ0) is 21.1. The molecule has 6 nitrogen and oxygen atoms in total.